The van der Waals surface area contributed by atoms with E-state index in [0.717, 1.165) is 0 Å². The number of aromatic carboxylic acids is 1. The molecule has 0 bridgehead atoms. The SMILES string of the molecule is O=C(O)COc1ccc(C(=O)Cc2ccccc2C(=O)O)cc1. The molecule has 23 heavy (non-hydrogen) atoms. The standard InChI is InChI=1S/C17H14O6/c18-15(9-12-3-1-2-4-14(12)17(21)22)11-5-7-13(8-6-11)23-10-16(19)20/h1-8H,9-10H2,(H,19,20)(H,21,22). The number of carboxylic acid groups (broad SMARTS) is 2. The fraction of sp³-hybridized carbons (Fsp3) is 0.118. The van der Waals surface area contributed by atoms with Crippen LogP contribution in [0.25, 0.3) is 0 Å². The molecule has 2 N–H and O–H groups in total. The summed E-state index contributed by atoms with van der Waals surface area (Å²) in [6.45, 7) is -0.459. The summed E-state index contributed by atoms with van der Waals surface area (Å²) in [6, 6.07) is 12.4. The molecule has 2 rings (SSSR count). The minimum atomic E-state index is -1.09. The molecule has 0 aliphatic heterocycles. The van der Waals surface area contributed by atoms with E-state index in [0.29, 0.717) is 16.9 Å². The van der Waals surface area contributed by atoms with Gasteiger partial charge in [-0.15, -0.1) is 0 Å². The highest BCUT2D eigenvalue weighted by molar-refractivity contribution is 5.99. The van der Waals surface area contributed by atoms with E-state index in [9.17, 15) is 14.4 Å². The van der Waals surface area contributed by atoms with Gasteiger partial charge in [0.05, 0.1) is 5.56 Å². The van der Waals surface area contributed by atoms with E-state index in [1.807, 2.05) is 0 Å². The quantitative estimate of drug-likeness (QED) is 0.760. The Morgan fingerprint density at radius 3 is 2.17 bits per heavy atom. The number of ketones is 1. The van der Waals surface area contributed by atoms with Crippen LogP contribution in [-0.2, 0) is 11.2 Å². The van der Waals surface area contributed by atoms with E-state index in [1.165, 1.54) is 30.3 Å². The molecule has 0 aromatic heterocycles. The molecule has 0 heterocycles. The van der Waals surface area contributed by atoms with Crippen molar-refractivity contribution in [1.29, 1.82) is 0 Å². The van der Waals surface area contributed by atoms with E-state index >= 15 is 0 Å². The van der Waals surface area contributed by atoms with Crippen LogP contribution in [0, 0.1) is 0 Å². The summed E-state index contributed by atoms with van der Waals surface area (Å²) in [5.41, 5.74) is 0.936. The number of ether oxygens (including phenoxy) is 1. The second-order valence-electron chi connectivity index (χ2n) is 4.77. The Hall–Kier alpha value is -3.15. The van der Waals surface area contributed by atoms with Crippen molar-refractivity contribution < 1.29 is 29.3 Å². The Kier molecular flexibility index (Phi) is 5.09. The van der Waals surface area contributed by atoms with Gasteiger partial charge in [-0.1, -0.05) is 18.2 Å². The van der Waals surface area contributed by atoms with Crippen LogP contribution in [0.2, 0.25) is 0 Å². The molecule has 0 unspecified atom stereocenters. The number of carbonyl (C=O) groups is 3. The van der Waals surface area contributed by atoms with Crippen molar-refractivity contribution in [2.45, 2.75) is 6.42 Å². The Morgan fingerprint density at radius 1 is 0.913 bits per heavy atom. The van der Waals surface area contributed by atoms with Crippen molar-refractivity contribution in [1.82, 2.24) is 0 Å². The third kappa shape index (κ3) is 4.41. The lowest BCUT2D eigenvalue weighted by molar-refractivity contribution is -0.139. The molecule has 0 radical (unpaired) electrons. The maximum Gasteiger partial charge on any atom is 0.341 e. The number of rotatable bonds is 7. The molecule has 2 aromatic rings. The molecular formula is C17H14O6. The third-order valence-corrected chi connectivity index (χ3v) is 3.14. The largest absolute Gasteiger partial charge is 0.482 e. The van der Waals surface area contributed by atoms with Gasteiger partial charge in [0.1, 0.15) is 5.75 Å². The number of hydrogen-bond donors (Lipinski definition) is 2. The van der Waals surface area contributed by atoms with Crippen LogP contribution in [0.5, 0.6) is 5.75 Å². The molecule has 6 heteroatoms. The molecule has 2 aromatic carbocycles. The van der Waals surface area contributed by atoms with Gasteiger partial charge in [0.25, 0.3) is 0 Å². The first-order chi connectivity index (χ1) is 11.0. The highest BCUT2D eigenvalue weighted by Crippen LogP contribution is 2.16. The van der Waals surface area contributed by atoms with Crippen LogP contribution >= 0.6 is 0 Å². The van der Waals surface area contributed by atoms with Gasteiger partial charge in [-0.25, -0.2) is 9.59 Å². The monoisotopic (exact) mass is 314 g/mol. The molecule has 0 amide bonds. The zero-order chi connectivity index (χ0) is 16.8. The molecular weight excluding hydrogens is 300 g/mol. The van der Waals surface area contributed by atoms with E-state index in [-0.39, 0.29) is 17.8 Å². The maximum absolute atomic E-state index is 12.2. The second kappa shape index (κ2) is 7.22. The average Bonchev–Trinajstić information content (AvgIpc) is 2.53. The second-order valence-corrected chi connectivity index (χ2v) is 4.77. The smallest absolute Gasteiger partial charge is 0.341 e. The van der Waals surface area contributed by atoms with Gasteiger partial charge in [-0.2, -0.15) is 0 Å². The van der Waals surface area contributed by atoms with E-state index < -0.39 is 18.5 Å². The predicted octanol–water partition coefficient (Wildman–Crippen LogP) is 2.27. The van der Waals surface area contributed by atoms with Gasteiger partial charge in [0.15, 0.2) is 12.4 Å². The molecule has 6 nitrogen and oxygen atoms in total. The fourth-order valence-electron chi connectivity index (χ4n) is 2.04. The van der Waals surface area contributed by atoms with Crippen molar-refractivity contribution in [3.8, 4) is 5.75 Å². The molecule has 118 valence electrons. The Morgan fingerprint density at radius 2 is 1.57 bits per heavy atom. The van der Waals surface area contributed by atoms with Gasteiger partial charge in [0.2, 0.25) is 0 Å². The van der Waals surface area contributed by atoms with Crippen molar-refractivity contribution in [3.63, 3.8) is 0 Å². The number of hydrogen-bond acceptors (Lipinski definition) is 4. The summed E-state index contributed by atoms with van der Waals surface area (Å²) in [7, 11) is 0. The molecule has 0 fully saturated rings. The van der Waals surface area contributed by atoms with Gasteiger partial charge in [-0.05, 0) is 35.9 Å². The Labute approximate surface area is 131 Å². The Balaban J connectivity index is 2.09. The molecule has 0 aliphatic rings. The summed E-state index contributed by atoms with van der Waals surface area (Å²) in [5.74, 6) is -2.06. The first-order valence-corrected chi connectivity index (χ1v) is 6.76. The van der Waals surface area contributed by atoms with Crippen molar-refractivity contribution >= 4 is 17.7 Å². The normalized spacial score (nSPS) is 10.1. The summed E-state index contributed by atoms with van der Waals surface area (Å²) in [5, 5.41) is 17.6. The van der Waals surface area contributed by atoms with Gasteiger partial charge >= 0.3 is 11.9 Å². The Bertz CT molecular complexity index is 733. The topological polar surface area (TPSA) is 101 Å². The molecule has 0 atom stereocenters. The van der Waals surface area contributed by atoms with Crippen molar-refractivity contribution in [2.75, 3.05) is 6.61 Å². The van der Waals surface area contributed by atoms with Crippen LogP contribution in [0.15, 0.2) is 48.5 Å². The lowest BCUT2D eigenvalue weighted by atomic mass is 9.99. The van der Waals surface area contributed by atoms with Crippen LogP contribution in [0.1, 0.15) is 26.3 Å². The number of aliphatic carboxylic acids is 1. The third-order valence-electron chi connectivity index (χ3n) is 3.14. The lowest BCUT2D eigenvalue weighted by Gasteiger charge is -2.07. The van der Waals surface area contributed by atoms with Crippen LogP contribution in [-0.4, -0.2) is 34.5 Å². The van der Waals surface area contributed by atoms with Gasteiger partial charge < -0.3 is 14.9 Å². The summed E-state index contributed by atoms with van der Waals surface area (Å²) >= 11 is 0. The first kappa shape index (κ1) is 16.2. The number of benzene rings is 2. The summed E-state index contributed by atoms with van der Waals surface area (Å²) in [4.78, 5) is 33.8. The lowest BCUT2D eigenvalue weighted by Crippen LogP contribution is -2.10. The number of carboxylic acids is 2. The molecule has 0 saturated heterocycles. The van der Waals surface area contributed by atoms with Gasteiger partial charge in [0, 0.05) is 12.0 Å². The van der Waals surface area contributed by atoms with Crippen LogP contribution in [0.4, 0.5) is 0 Å². The van der Waals surface area contributed by atoms with Crippen molar-refractivity contribution in [3.05, 3.63) is 65.2 Å². The molecule has 0 spiro atoms. The first-order valence-electron chi connectivity index (χ1n) is 6.76. The molecule has 0 aliphatic carbocycles. The number of Topliss-reactive ketones (excluding diaryl/α,β-unsaturated/α-hetero) is 1. The van der Waals surface area contributed by atoms with E-state index in [4.69, 9.17) is 14.9 Å². The minimum absolute atomic E-state index is 0.0300. The fourth-order valence-corrected chi connectivity index (χ4v) is 2.04. The zero-order valence-corrected chi connectivity index (χ0v) is 12.1. The minimum Gasteiger partial charge on any atom is -0.482 e. The highest BCUT2D eigenvalue weighted by Gasteiger charge is 2.14. The molecule has 0 saturated carbocycles. The summed E-state index contributed by atoms with van der Waals surface area (Å²) in [6.07, 6.45) is -0.0300. The van der Waals surface area contributed by atoms with E-state index in [1.54, 1.807) is 18.2 Å². The van der Waals surface area contributed by atoms with E-state index in [2.05, 4.69) is 0 Å². The predicted molar refractivity (Wildman–Crippen MR) is 81.0 cm³/mol. The average molecular weight is 314 g/mol. The van der Waals surface area contributed by atoms with Crippen molar-refractivity contribution in [2.24, 2.45) is 0 Å². The summed E-state index contributed by atoms with van der Waals surface area (Å²) < 4.78 is 4.98. The van der Waals surface area contributed by atoms with Crippen LogP contribution in [0.3, 0.4) is 0 Å². The zero-order valence-electron chi connectivity index (χ0n) is 12.1. The van der Waals surface area contributed by atoms with Gasteiger partial charge in [-0.3, -0.25) is 4.79 Å². The maximum atomic E-state index is 12.2. The number of carbonyl (C=O) groups excluding carboxylic acids is 1. The highest BCUT2D eigenvalue weighted by atomic mass is 16.5. The van der Waals surface area contributed by atoms with Crippen LogP contribution < -0.4 is 4.74 Å².